The van der Waals surface area contributed by atoms with Crippen molar-refractivity contribution >= 4 is 47.8 Å². The molecule has 2 aromatic rings. The minimum Gasteiger partial charge on any atom is -0.384 e. The fourth-order valence-electron chi connectivity index (χ4n) is 4.55. The summed E-state index contributed by atoms with van der Waals surface area (Å²) in [5, 5.41) is 10.4. The number of rotatable bonds is 6. The van der Waals surface area contributed by atoms with Gasteiger partial charge >= 0.3 is 0 Å². The predicted octanol–water partition coefficient (Wildman–Crippen LogP) is 2.55. The van der Waals surface area contributed by atoms with Gasteiger partial charge in [-0.3, -0.25) is 4.79 Å². The molecule has 3 atom stereocenters. The summed E-state index contributed by atoms with van der Waals surface area (Å²) in [6.07, 6.45) is 3.53. The van der Waals surface area contributed by atoms with Crippen molar-refractivity contribution in [2.24, 2.45) is 5.92 Å². The Hall–Kier alpha value is -1.34. The van der Waals surface area contributed by atoms with Crippen LogP contribution in [0.4, 0.5) is 0 Å². The zero-order valence-corrected chi connectivity index (χ0v) is 20.9. The molecule has 0 aliphatic carbocycles. The van der Waals surface area contributed by atoms with E-state index in [9.17, 15) is 13.2 Å². The van der Waals surface area contributed by atoms with E-state index in [2.05, 4.69) is 47.3 Å². The summed E-state index contributed by atoms with van der Waals surface area (Å²) >= 11 is 6.75. The van der Waals surface area contributed by atoms with Crippen molar-refractivity contribution in [1.82, 2.24) is 24.6 Å². The third kappa shape index (κ3) is 4.58. The lowest BCUT2D eigenvalue weighted by atomic mass is 9.91. The maximum absolute atomic E-state index is 13.8. The highest BCUT2D eigenvalue weighted by Crippen LogP contribution is 2.38. The first-order valence-corrected chi connectivity index (χ1v) is 13.0. The van der Waals surface area contributed by atoms with Gasteiger partial charge in [0.15, 0.2) is 0 Å². The van der Waals surface area contributed by atoms with E-state index in [-0.39, 0.29) is 29.3 Å². The van der Waals surface area contributed by atoms with Gasteiger partial charge in [-0.15, -0.1) is 0 Å². The summed E-state index contributed by atoms with van der Waals surface area (Å²) in [4.78, 5) is 15.4. The lowest BCUT2D eigenvalue weighted by Gasteiger charge is -2.40. The number of methoxy groups -OCH3 is 1. The Bertz CT molecular complexity index is 1030. The molecule has 1 N–H and O–H groups in total. The van der Waals surface area contributed by atoms with Crippen LogP contribution in [0.3, 0.4) is 0 Å². The van der Waals surface area contributed by atoms with Gasteiger partial charge in [-0.25, -0.2) is 8.42 Å². The molecule has 2 aliphatic rings. The van der Waals surface area contributed by atoms with Crippen LogP contribution in [0, 0.1) is 5.92 Å². The number of sulfonamides is 1. The quantitative estimate of drug-likeness (QED) is 0.566. The Kier molecular flexibility index (Phi) is 6.82. The number of halogens is 2. The van der Waals surface area contributed by atoms with Crippen LogP contribution in [0.2, 0.25) is 0 Å². The van der Waals surface area contributed by atoms with Crippen molar-refractivity contribution in [2.45, 2.75) is 42.8 Å². The van der Waals surface area contributed by atoms with Gasteiger partial charge in [0, 0.05) is 34.6 Å². The molecule has 1 amide bonds. The molecule has 168 valence electrons. The summed E-state index contributed by atoms with van der Waals surface area (Å²) in [5.41, 5.74) is 0.631. The highest BCUT2D eigenvalue weighted by molar-refractivity contribution is 9.11. The van der Waals surface area contributed by atoms with E-state index < -0.39 is 16.1 Å². The maximum Gasteiger partial charge on any atom is 0.244 e. The number of ether oxygens (including phenoxy) is 1. The van der Waals surface area contributed by atoms with Gasteiger partial charge in [-0.2, -0.15) is 19.7 Å². The molecule has 0 radical (unpaired) electrons. The summed E-state index contributed by atoms with van der Waals surface area (Å²) in [6, 6.07) is 3.84. The zero-order chi connectivity index (χ0) is 22.2. The van der Waals surface area contributed by atoms with Crippen LogP contribution >= 0.6 is 31.9 Å². The van der Waals surface area contributed by atoms with Crippen LogP contribution in [-0.4, -0.2) is 71.3 Å². The van der Waals surface area contributed by atoms with Crippen molar-refractivity contribution in [3.63, 3.8) is 0 Å². The minimum absolute atomic E-state index is 0.152. The van der Waals surface area contributed by atoms with Crippen molar-refractivity contribution in [3.05, 3.63) is 39.0 Å². The maximum atomic E-state index is 13.8. The van der Waals surface area contributed by atoms with Gasteiger partial charge in [-0.05, 0) is 37.5 Å². The van der Waals surface area contributed by atoms with Gasteiger partial charge in [0.1, 0.15) is 11.7 Å². The number of hydrogen-bond donors (Lipinski definition) is 1. The number of H-pyrrole nitrogens is 1. The molecule has 2 fully saturated rings. The van der Waals surface area contributed by atoms with Crippen molar-refractivity contribution in [2.75, 3.05) is 20.3 Å². The molecule has 4 rings (SSSR count). The number of amides is 1. The summed E-state index contributed by atoms with van der Waals surface area (Å²) in [5.74, 6) is -0.361. The molecule has 2 bridgehead atoms. The average molecular weight is 577 g/mol. The SMILES string of the molecule is COC[C@H]1CN(Cc2cn[nH]n2)C(=O)[C@@H]2CCC[C@H]1N2S(=O)(=O)c1cc(Br)cc(Br)c1. The summed E-state index contributed by atoms with van der Waals surface area (Å²) in [7, 11) is -2.33. The second-order valence-electron chi connectivity index (χ2n) is 7.85. The van der Waals surface area contributed by atoms with Crippen molar-refractivity contribution in [3.8, 4) is 0 Å². The van der Waals surface area contributed by atoms with Gasteiger partial charge in [0.05, 0.1) is 24.2 Å². The number of aromatic amines is 1. The van der Waals surface area contributed by atoms with Crippen LogP contribution in [-0.2, 0) is 26.1 Å². The van der Waals surface area contributed by atoms with Gasteiger partial charge in [0.2, 0.25) is 15.9 Å². The second kappa shape index (κ2) is 9.26. The topological polar surface area (TPSA) is 108 Å². The Morgan fingerprint density at radius 3 is 2.61 bits per heavy atom. The molecular formula is C19H23Br2N5O4S. The smallest absolute Gasteiger partial charge is 0.244 e. The van der Waals surface area contributed by atoms with E-state index >= 15 is 0 Å². The first kappa shape index (κ1) is 22.8. The molecule has 2 saturated heterocycles. The Balaban J connectivity index is 1.77. The molecule has 2 aliphatic heterocycles. The zero-order valence-electron chi connectivity index (χ0n) is 16.9. The molecule has 1 aromatic carbocycles. The van der Waals surface area contributed by atoms with Gasteiger partial charge in [-0.1, -0.05) is 31.9 Å². The van der Waals surface area contributed by atoms with Crippen molar-refractivity contribution < 1.29 is 17.9 Å². The average Bonchev–Trinajstić information content (AvgIpc) is 3.22. The van der Waals surface area contributed by atoms with E-state index in [0.29, 0.717) is 40.6 Å². The lowest BCUT2D eigenvalue weighted by Crippen LogP contribution is -2.55. The number of carbonyl (C=O) groups excluding carboxylic acids is 1. The third-order valence-electron chi connectivity index (χ3n) is 5.82. The standard InChI is InChI=1S/C19H23Br2N5O4S/c1-30-11-12-9-25(10-15-8-22-24-23-15)19(27)18-4-2-3-17(12)26(18)31(28,29)16-6-13(20)5-14(21)7-16/h5-8,12,17-18H,2-4,9-11H2,1H3,(H,22,23,24)/t12-,17-,18+/m1/s1. The largest absolute Gasteiger partial charge is 0.384 e. The fraction of sp³-hybridized carbons (Fsp3) is 0.526. The first-order chi connectivity index (χ1) is 14.8. The number of nitrogens with one attached hydrogen (secondary N) is 1. The van der Waals surface area contributed by atoms with Crippen LogP contribution < -0.4 is 0 Å². The molecule has 3 heterocycles. The van der Waals surface area contributed by atoms with E-state index in [4.69, 9.17) is 4.74 Å². The number of hydrogen-bond acceptors (Lipinski definition) is 6. The monoisotopic (exact) mass is 575 g/mol. The van der Waals surface area contributed by atoms with E-state index in [0.717, 1.165) is 6.42 Å². The Labute approximate surface area is 197 Å². The van der Waals surface area contributed by atoms with Crippen LogP contribution in [0.15, 0.2) is 38.2 Å². The molecule has 0 spiro atoms. The highest BCUT2D eigenvalue weighted by atomic mass is 79.9. The summed E-state index contributed by atoms with van der Waals surface area (Å²) < 4.78 is 35.8. The Morgan fingerprint density at radius 2 is 1.97 bits per heavy atom. The molecule has 0 unspecified atom stereocenters. The highest BCUT2D eigenvalue weighted by Gasteiger charge is 2.50. The Morgan fingerprint density at radius 1 is 1.23 bits per heavy atom. The van der Waals surface area contributed by atoms with E-state index in [1.54, 1.807) is 36.4 Å². The molecule has 0 saturated carbocycles. The van der Waals surface area contributed by atoms with Gasteiger partial charge < -0.3 is 9.64 Å². The van der Waals surface area contributed by atoms with Crippen molar-refractivity contribution in [1.29, 1.82) is 0 Å². The molecule has 31 heavy (non-hydrogen) atoms. The second-order valence-corrected chi connectivity index (χ2v) is 11.5. The van der Waals surface area contributed by atoms with Gasteiger partial charge in [0.25, 0.3) is 0 Å². The van der Waals surface area contributed by atoms with Crippen LogP contribution in [0.25, 0.3) is 0 Å². The summed E-state index contributed by atoms with van der Waals surface area (Å²) in [6.45, 7) is 1.03. The molecular weight excluding hydrogens is 554 g/mol. The number of fused-ring (bicyclic) bond motifs is 2. The minimum atomic E-state index is -3.92. The van der Waals surface area contributed by atoms with Crippen LogP contribution in [0.5, 0.6) is 0 Å². The van der Waals surface area contributed by atoms with Crippen LogP contribution in [0.1, 0.15) is 25.0 Å². The molecule has 12 heteroatoms. The van der Waals surface area contributed by atoms with E-state index in [1.165, 1.54) is 4.31 Å². The molecule has 1 aromatic heterocycles. The normalized spacial score (nSPS) is 24.9. The van der Waals surface area contributed by atoms with E-state index in [1.807, 2.05) is 0 Å². The predicted molar refractivity (Wildman–Crippen MR) is 119 cm³/mol. The third-order valence-corrected chi connectivity index (χ3v) is 8.64. The number of benzene rings is 1. The number of piperidine rings is 1. The fourth-order valence-corrected chi connectivity index (χ4v) is 8.11. The lowest BCUT2D eigenvalue weighted by molar-refractivity contribution is -0.135. The number of carbonyl (C=O) groups is 1. The number of aromatic nitrogens is 3. The first-order valence-electron chi connectivity index (χ1n) is 9.93. The molecule has 9 nitrogen and oxygen atoms in total. The number of nitrogens with zero attached hydrogens (tertiary/aromatic N) is 4.